The van der Waals surface area contributed by atoms with Gasteiger partial charge in [0.1, 0.15) is 0 Å². The summed E-state index contributed by atoms with van der Waals surface area (Å²) in [6.45, 7) is 0. The van der Waals surface area contributed by atoms with Gasteiger partial charge in [0.25, 0.3) is 0 Å². The summed E-state index contributed by atoms with van der Waals surface area (Å²) in [7, 11) is 0. The van der Waals surface area contributed by atoms with Gasteiger partial charge >= 0.3 is 0 Å². The number of anilines is 3. The molecule has 49 heavy (non-hydrogen) atoms. The van der Waals surface area contributed by atoms with Crippen molar-refractivity contribution in [2.75, 3.05) is 4.90 Å². The second kappa shape index (κ2) is 13.1. The lowest BCUT2D eigenvalue weighted by molar-refractivity contribution is 1.28. The van der Waals surface area contributed by atoms with Gasteiger partial charge in [0.05, 0.1) is 46.5 Å². The van der Waals surface area contributed by atoms with Crippen molar-refractivity contribution < 1.29 is 0 Å². The Kier molecular flexibility index (Phi) is 8.09. The first-order chi connectivity index (χ1) is 24.0. The number of hydrogen-bond acceptors (Lipinski definition) is 5. The molecule has 0 spiro atoms. The maximum atomic E-state index is 9.49. The topological polar surface area (TPSA) is 98.4 Å². The Labute approximate surface area is 284 Å². The quantitative estimate of drug-likeness (QED) is 0.183. The fourth-order valence-corrected chi connectivity index (χ4v) is 6.07. The lowest BCUT2D eigenvalue weighted by Crippen LogP contribution is -2.09. The molecular weight excluding hydrogens is 599 g/mol. The van der Waals surface area contributed by atoms with Crippen LogP contribution in [-0.2, 0) is 0 Å². The Balaban J connectivity index is 1.28. The lowest BCUT2D eigenvalue weighted by atomic mass is 9.99. The summed E-state index contributed by atoms with van der Waals surface area (Å²) in [5, 5.41) is 40.3. The maximum absolute atomic E-state index is 9.49. The van der Waals surface area contributed by atoms with E-state index in [0.29, 0.717) is 22.3 Å². The minimum atomic E-state index is 0.438. The molecule has 0 bridgehead atoms. The molecule has 0 aliphatic rings. The summed E-state index contributed by atoms with van der Waals surface area (Å²) < 4.78 is 0. The summed E-state index contributed by atoms with van der Waals surface area (Å²) in [6, 6.07) is 58.3. The van der Waals surface area contributed by atoms with Crippen molar-refractivity contribution in [1.82, 2.24) is 0 Å². The highest BCUT2D eigenvalue weighted by Gasteiger charge is 2.15. The van der Waals surface area contributed by atoms with Gasteiger partial charge in [0.15, 0.2) is 0 Å². The number of nitriles is 4. The van der Waals surface area contributed by atoms with Crippen molar-refractivity contribution in [3.8, 4) is 57.7 Å². The van der Waals surface area contributed by atoms with Crippen LogP contribution in [0.4, 0.5) is 17.1 Å². The summed E-state index contributed by atoms with van der Waals surface area (Å²) >= 11 is 0. The average molecular weight is 624 g/mol. The molecule has 0 aromatic heterocycles. The van der Waals surface area contributed by atoms with Crippen molar-refractivity contribution in [3.05, 3.63) is 174 Å². The molecule has 0 saturated carbocycles. The molecule has 0 unspecified atom stereocenters. The minimum absolute atomic E-state index is 0.438. The van der Waals surface area contributed by atoms with Crippen molar-refractivity contribution in [1.29, 1.82) is 21.0 Å². The Morgan fingerprint density at radius 2 is 0.653 bits per heavy atom. The monoisotopic (exact) mass is 623 g/mol. The van der Waals surface area contributed by atoms with Crippen LogP contribution < -0.4 is 4.90 Å². The average Bonchev–Trinajstić information content (AvgIpc) is 3.18. The zero-order chi connectivity index (χ0) is 33.7. The van der Waals surface area contributed by atoms with Gasteiger partial charge in [0, 0.05) is 17.1 Å². The van der Waals surface area contributed by atoms with E-state index >= 15 is 0 Å². The van der Waals surface area contributed by atoms with Gasteiger partial charge in [-0.25, -0.2) is 0 Å². The third-order valence-corrected chi connectivity index (χ3v) is 8.51. The van der Waals surface area contributed by atoms with Crippen molar-refractivity contribution >= 4 is 27.8 Å². The highest BCUT2D eigenvalue weighted by molar-refractivity contribution is 5.88. The van der Waals surface area contributed by atoms with Crippen LogP contribution in [0.2, 0.25) is 0 Å². The molecule has 0 radical (unpaired) electrons. The molecule has 0 fully saturated rings. The normalized spacial score (nSPS) is 10.4. The number of hydrogen-bond donors (Lipinski definition) is 0. The van der Waals surface area contributed by atoms with Gasteiger partial charge < -0.3 is 4.90 Å². The molecule has 5 heteroatoms. The fraction of sp³-hybridized carbons (Fsp3) is 0. The molecule has 0 aliphatic heterocycles. The van der Waals surface area contributed by atoms with Crippen LogP contribution >= 0.6 is 0 Å². The smallest absolute Gasteiger partial charge is 0.0992 e. The summed E-state index contributed by atoms with van der Waals surface area (Å²) in [5.74, 6) is 0. The Hall–Kier alpha value is -7.44. The fourth-order valence-electron chi connectivity index (χ4n) is 6.07. The van der Waals surface area contributed by atoms with E-state index in [4.69, 9.17) is 0 Å². The van der Waals surface area contributed by atoms with Crippen LogP contribution in [0.3, 0.4) is 0 Å². The van der Waals surface area contributed by atoms with Gasteiger partial charge in [-0.2, -0.15) is 21.0 Å². The molecule has 0 amide bonds. The van der Waals surface area contributed by atoms with E-state index in [0.717, 1.165) is 50.4 Å². The summed E-state index contributed by atoms with van der Waals surface area (Å²) in [5.41, 5.74) is 10.2. The number of fused-ring (bicyclic) bond motifs is 1. The van der Waals surface area contributed by atoms with Crippen molar-refractivity contribution in [2.24, 2.45) is 0 Å². The molecular formula is C44H25N5. The second-order valence-corrected chi connectivity index (χ2v) is 11.6. The summed E-state index contributed by atoms with van der Waals surface area (Å²) in [6.07, 6.45) is 0. The maximum Gasteiger partial charge on any atom is 0.0992 e. The summed E-state index contributed by atoms with van der Waals surface area (Å²) in [4.78, 5) is 2.16. The Bertz CT molecular complexity index is 2340. The van der Waals surface area contributed by atoms with Crippen LogP contribution in [0.25, 0.3) is 44.2 Å². The van der Waals surface area contributed by atoms with E-state index in [1.54, 1.807) is 36.4 Å². The van der Waals surface area contributed by atoms with Crippen molar-refractivity contribution in [2.45, 2.75) is 0 Å². The zero-order valence-corrected chi connectivity index (χ0v) is 26.2. The molecule has 0 heterocycles. The first-order valence-corrected chi connectivity index (χ1v) is 15.6. The van der Waals surface area contributed by atoms with Gasteiger partial charge in [-0.3, -0.25) is 0 Å². The van der Waals surface area contributed by atoms with Crippen LogP contribution in [0.15, 0.2) is 152 Å². The number of rotatable bonds is 6. The number of benzene rings is 7. The van der Waals surface area contributed by atoms with Crippen LogP contribution in [-0.4, -0.2) is 0 Å². The molecule has 0 N–H and O–H groups in total. The lowest BCUT2D eigenvalue weighted by Gasteiger charge is -2.26. The molecule has 0 saturated heterocycles. The van der Waals surface area contributed by atoms with Gasteiger partial charge in [-0.15, -0.1) is 0 Å². The second-order valence-electron chi connectivity index (χ2n) is 11.6. The first kappa shape index (κ1) is 30.2. The third-order valence-electron chi connectivity index (χ3n) is 8.51. The molecule has 5 nitrogen and oxygen atoms in total. The van der Waals surface area contributed by atoms with E-state index in [1.165, 1.54) is 10.8 Å². The minimum Gasteiger partial charge on any atom is -0.311 e. The molecule has 7 aromatic rings. The third kappa shape index (κ3) is 6.21. The standard InChI is InChI=1S/C44H25N5/c45-26-30-19-31(27-46)22-40(21-30)36-9-15-43(16-10-36)49(44-17-11-37(12-18-44)41-23-32(28-47)20-33(24-41)29-48)42-13-7-35(8-14-42)39-6-5-34-3-1-2-4-38(34)25-39/h1-25H. The molecule has 0 atom stereocenters. The van der Waals surface area contributed by atoms with Gasteiger partial charge in [0.2, 0.25) is 0 Å². The highest BCUT2D eigenvalue weighted by atomic mass is 15.1. The molecule has 7 rings (SSSR count). The van der Waals surface area contributed by atoms with Crippen LogP contribution in [0, 0.1) is 45.3 Å². The van der Waals surface area contributed by atoms with E-state index in [-0.39, 0.29) is 0 Å². The van der Waals surface area contributed by atoms with Gasteiger partial charge in [-0.05, 0) is 123 Å². The van der Waals surface area contributed by atoms with Crippen LogP contribution in [0.1, 0.15) is 22.3 Å². The molecule has 0 aliphatic carbocycles. The highest BCUT2D eigenvalue weighted by Crippen LogP contribution is 2.38. The molecule has 226 valence electrons. The number of nitrogens with zero attached hydrogens (tertiary/aromatic N) is 5. The van der Waals surface area contributed by atoms with E-state index < -0.39 is 0 Å². The largest absolute Gasteiger partial charge is 0.311 e. The zero-order valence-electron chi connectivity index (χ0n) is 26.2. The van der Waals surface area contributed by atoms with Crippen molar-refractivity contribution in [3.63, 3.8) is 0 Å². The SMILES string of the molecule is N#Cc1cc(C#N)cc(-c2ccc(N(c3ccc(-c4cc(C#N)cc(C#N)c4)cc3)c3ccc(-c4ccc5ccccc5c4)cc3)cc2)c1. The van der Waals surface area contributed by atoms with Gasteiger partial charge in [-0.1, -0.05) is 72.8 Å². The Morgan fingerprint density at radius 1 is 0.306 bits per heavy atom. The predicted octanol–water partition coefficient (Wildman–Crippen LogP) is 10.8. The van der Waals surface area contributed by atoms with E-state index in [2.05, 4.69) is 89.8 Å². The molecule has 7 aromatic carbocycles. The Morgan fingerprint density at radius 3 is 1.04 bits per heavy atom. The van der Waals surface area contributed by atoms with Crippen LogP contribution in [0.5, 0.6) is 0 Å². The van der Waals surface area contributed by atoms with E-state index in [1.807, 2.05) is 54.6 Å². The first-order valence-electron chi connectivity index (χ1n) is 15.6. The van der Waals surface area contributed by atoms with E-state index in [9.17, 15) is 21.0 Å². The predicted molar refractivity (Wildman–Crippen MR) is 194 cm³/mol.